The first-order chi connectivity index (χ1) is 12.6. The van der Waals surface area contributed by atoms with Crippen LogP contribution in [0.25, 0.3) is 10.9 Å². The van der Waals surface area contributed by atoms with Gasteiger partial charge >= 0.3 is 12.1 Å². The van der Waals surface area contributed by atoms with E-state index in [1.807, 2.05) is 54.6 Å². The third-order valence-electron chi connectivity index (χ3n) is 4.73. The number of benzene rings is 2. The zero-order valence-corrected chi connectivity index (χ0v) is 14.0. The molecule has 1 atom stereocenters. The highest BCUT2D eigenvalue weighted by Crippen LogP contribution is 2.30. The number of amides is 1. The van der Waals surface area contributed by atoms with Crippen LogP contribution in [0, 0.1) is 0 Å². The summed E-state index contributed by atoms with van der Waals surface area (Å²) in [5, 5.41) is 10.6. The average Bonchev–Trinajstić information content (AvgIpc) is 3.03. The summed E-state index contributed by atoms with van der Waals surface area (Å²) < 4.78 is 5.35. The summed E-state index contributed by atoms with van der Waals surface area (Å²) in [5.41, 5.74) is 3.62. The van der Waals surface area contributed by atoms with Crippen molar-refractivity contribution in [2.24, 2.45) is 0 Å². The summed E-state index contributed by atoms with van der Waals surface area (Å²) in [6, 6.07) is 16.1. The zero-order valence-electron chi connectivity index (χ0n) is 14.0. The van der Waals surface area contributed by atoms with Crippen LogP contribution in [0.3, 0.4) is 0 Å². The zero-order chi connectivity index (χ0) is 18.1. The largest absolute Gasteiger partial charge is 0.480 e. The van der Waals surface area contributed by atoms with Crippen molar-refractivity contribution >= 4 is 23.0 Å². The number of rotatable bonds is 3. The number of aromatic nitrogens is 1. The van der Waals surface area contributed by atoms with Crippen molar-refractivity contribution in [1.82, 2.24) is 9.88 Å². The lowest BCUT2D eigenvalue weighted by atomic mass is 9.97. The monoisotopic (exact) mass is 350 g/mol. The number of fused-ring (bicyclic) bond motifs is 3. The van der Waals surface area contributed by atoms with Gasteiger partial charge in [-0.05, 0) is 17.2 Å². The Morgan fingerprint density at radius 1 is 1.12 bits per heavy atom. The molecule has 1 aromatic heterocycles. The molecule has 1 aliphatic rings. The summed E-state index contributed by atoms with van der Waals surface area (Å²) in [5.74, 6) is -1.03. The molecule has 4 rings (SSSR count). The van der Waals surface area contributed by atoms with Crippen molar-refractivity contribution in [2.75, 3.05) is 0 Å². The molecule has 2 heterocycles. The second kappa shape index (κ2) is 6.55. The first-order valence-corrected chi connectivity index (χ1v) is 8.42. The van der Waals surface area contributed by atoms with Gasteiger partial charge in [-0.1, -0.05) is 48.5 Å². The van der Waals surface area contributed by atoms with Crippen molar-refractivity contribution in [3.05, 3.63) is 71.4 Å². The highest BCUT2D eigenvalue weighted by Gasteiger charge is 2.37. The Bertz CT molecular complexity index is 964. The number of para-hydroxylation sites is 1. The van der Waals surface area contributed by atoms with Crippen LogP contribution in [-0.4, -0.2) is 33.1 Å². The van der Waals surface area contributed by atoms with E-state index < -0.39 is 18.1 Å². The minimum absolute atomic E-state index is 0.113. The van der Waals surface area contributed by atoms with Crippen LogP contribution >= 0.6 is 0 Å². The quantitative estimate of drug-likeness (QED) is 0.759. The standard InChI is InChI=1S/C20H18N2O4/c23-19(24)18-10-15-14-8-4-5-9-16(14)21-17(15)11-22(18)20(25)26-12-13-6-2-1-3-7-13/h1-9,18,21H,10-12H2,(H,23,24). The van der Waals surface area contributed by atoms with Gasteiger partial charge in [-0.25, -0.2) is 9.59 Å². The fourth-order valence-corrected chi connectivity index (χ4v) is 3.42. The number of hydrogen-bond donors (Lipinski definition) is 2. The van der Waals surface area contributed by atoms with E-state index in [0.29, 0.717) is 0 Å². The Morgan fingerprint density at radius 3 is 2.62 bits per heavy atom. The van der Waals surface area contributed by atoms with Gasteiger partial charge in [0.15, 0.2) is 0 Å². The molecule has 1 amide bonds. The second-order valence-corrected chi connectivity index (χ2v) is 6.35. The lowest BCUT2D eigenvalue weighted by molar-refractivity contribution is -0.143. The molecule has 3 aromatic rings. The second-order valence-electron chi connectivity index (χ2n) is 6.35. The van der Waals surface area contributed by atoms with Crippen LogP contribution in [0.5, 0.6) is 0 Å². The number of carboxylic acid groups (broad SMARTS) is 1. The summed E-state index contributed by atoms with van der Waals surface area (Å²) in [4.78, 5) is 28.9. The molecule has 0 fully saturated rings. The van der Waals surface area contributed by atoms with Gasteiger partial charge in [0.05, 0.1) is 6.54 Å². The number of ether oxygens (including phenoxy) is 1. The first kappa shape index (κ1) is 16.2. The number of aromatic amines is 1. The third-order valence-corrected chi connectivity index (χ3v) is 4.73. The van der Waals surface area contributed by atoms with Crippen LogP contribution in [0.1, 0.15) is 16.8 Å². The van der Waals surface area contributed by atoms with E-state index in [1.165, 1.54) is 4.90 Å². The molecule has 132 valence electrons. The minimum Gasteiger partial charge on any atom is -0.480 e. The van der Waals surface area contributed by atoms with Crippen molar-refractivity contribution in [3.63, 3.8) is 0 Å². The Hall–Kier alpha value is -3.28. The maximum atomic E-state index is 12.5. The summed E-state index contributed by atoms with van der Waals surface area (Å²) in [6.07, 6.45) is -0.361. The topological polar surface area (TPSA) is 82.6 Å². The molecule has 0 bridgehead atoms. The van der Waals surface area contributed by atoms with Crippen LogP contribution in [0.2, 0.25) is 0 Å². The molecule has 6 nitrogen and oxygen atoms in total. The fraction of sp³-hybridized carbons (Fsp3) is 0.200. The molecule has 2 N–H and O–H groups in total. The molecule has 0 saturated heterocycles. The molecule has 1 unspecified atom stereocenters. The normalized spacial score (nSPS) is 16.3. The van der Waals surface area contributed by atoms with Gasteiger partial charge in [0.2, 0.25) is 0 Å². The first-order valence-electron chi connectivity index (χ1n) is 8.42. The number of H-pyrrole nitrogens is 1. The molecule has 0 radical (unpaired) electrons. The summed E-state index contributed by atoms with van der Waals surface area (Å²) in [6.45, 7) is 0.302. The molecule has 6 heteroatoms. The molecule has 0 spiro atoms. The van der Waals surface area contributed by atoms with E-state index in [0.717, 1.165) is 27.7 Å². The Balaban J connectivity index is 1.58. The maximum Gasteiger partial charge on any atom is 0.411 e. The number of carbonyl (C=O) groups is 2. The number of hydrogen-bond acceptors (Lipinski definition) is 3. The van der Waals surface area contributed by atoms with Gasteiger partial charge in [-0.2, -0.15) is 0 Å². The molecular weight excluding hydrogens is 332 g/mol. The number of nitrogens with one attached hydrogen (secondary N) is 1. The van der Waals surface area contributed by atoms with Crippen LogP contribution < -0.4 is 0 Å². The van der Waals surface area contributed by atoms with Crippen molar-refractivity contribution < 1.29 is 19.4 Å². The van der Waals surface area contributed by atoms with Gasteiger partial charge in [0.25, 0.3) is 0 Å². The Kier molecular flexibility index (Phi) is 4.08. The number of carbonyl (C=O) groups excluding carboxylic acids is 1. The van der Waals surface area contributed by atoms with E-state index >= 15 is 0 Å². The number of carboxylic acids is 1. The molecule has 1 aliphatic heterocycles. The van der Waals surface area contributed by atoms with Gasteiger partial charge < -0.3 is 14.8 Å². The highest BCUT2D eigenvalue weighted by molar-refractivity contribution is 5.88. The molecule has 0 saturated carbocycles. The van der Waals surface area contributed by atoms with Crippen molar-refractivity contribution in [2.45, 2.75) is 25.6 Å². The van der Waals surface area contributed by atoms with E-state index in [-0.39, 0.29) is 19.6 Å². The molecular formula is C20H18N2O4. The van der Waals surface area contributed by atoms with Gasteiger partial charge in [-0.15, -0.1) is 0 Å². The summed E-state index contributed by atoms with van der Waals surface area (Å²) in [7, 11) is 0. The predicted octanol–water partition coefficient (Wildman–Crippen LogP) is 3.32. The SMILES string of the molecule is O=C(O)C1Cc2c([nH]c3ccccc23)CN1C(=O)OCc1ccccc1. The summed E-state index contributed by atoms with van der Waals surface area (Å²) >= 11 is 0. The fourth-order valence-electron chi connectivity index (χ4n) is 3.42. The Labute approximate surface area is 150 Å². The van der Waals surface area contributed by atoms with E-state index in [2.05, 4.69) is 4.98 Å². The van der Waals surface area contributed by atoms with Crippen LogP contribution in [0.15, 0.2) is 54.6 Å². The number of aliphatic carboxylic acids is 1. The molecule has 2 aromatic carbocycles. The van der Waals surface area contributed by atoms with Gasteiger partial charge in [-0.3, -0.25) is 4.90 Å². The average molecular weight is 350 g/mol. The molecule has 26 heavy (non-hydrogen) atoms. The van der Waals surface area contributed by atoms with E-state index in [1.54, 1.807) is 0 Å². The maximum absolute atomic E-state index is 12.5. The Morgan fingerprint density at radius 2 is 1.85 bits per heavy atom. The van der Waals surface area contributed by atoms with Crippen LogP contribution in [-0.2, 0) is 29.1 Å². The van der Waals surface area contributed by atoms with Crippen molar-refractivity contribution in [1.29, 1.82) is 0 Å². The lowest BCUT2D eigenvalue weighted by Crippen LogP contribution is -2.48. The van der Waals surface area contributed by atoms with Gasteiger partial charge in [0.1, 0.15) is 12.6 Å². The van der Waals surface area contributed by atoms with Gasteiger partial charge in [0, 0.05) is 23.0 Å². The molecule has 0 aliphatic carbocycles. The van der Waals surface area contributed by atoms with Crippen LogP contribution in [0.4, 0.5) is 4.79 Å². The van der Waals surface area contributed by atoms with Crippen molar-refractivity contribution in [3.8, 4) is 0 Å². The number of nitrogens with zero attached hydrogens (tertiary/aromatic N) is 1. The smallest absolute Gasteiger partial charge is 0.411 e. The third kappa shape index (κ3) is 2.90. The predicted molar refractivity (Wildman–Crippen MR) is 95.6 cm³/mol. The lowest BCUT2D eigenvalue weighted by Gasteiger charge is -2.32. The van der Waals surface area contributed by atoms with E-state index in [9.17, 15) is 14.7 Å². The van der Waals surface area contributed by atoms with E-state index in [4.69, 9.17) is 4.74 Å². The highest BCUT2D eigenvalue weighted by atomic mass is 16.6. The minimum atomic E-state index is -1.03.